The fourth-order valence-electron chi connectivity index (χ4n) is 3.04. The van der Waals surface area contributed by atoms with Gasteiger partial charge in [-0.05, 0) is 25.3 Å². The van der Waals surface area contributed by atoms with E-state index in [9.17, 15) is 0 Å². The van der Waals surface area contributed by atoms with Gasteiger partial charge in [-0.25, -0.2) is 9.97 Å². The average Bonchev–Trinajstić information content (AvgIpc) is 2.90. The van der Waals surface area contributed by atoms with Gasteiger partial charge in [-0.15, -0.1) is 0 Å². The van der Waals surface area contributed by atoms with Crippen LogP contribution in [0.2, 0.25) is 0 Å². The van der Waals surface area contributed by atoms with Gasteiger partial charge >= 0.3 is 0 Å². The molecule has 0 saturated carbocycles. The van der Waals surface area contributed by atoms with Crippen molar-refractivity contribution in [3.63, 3.8) is 0 Å². The molecule has 3 rings (SSSR count). The van der Waals surface area contributed by atoms with Gasteiger partial charge in [-0.3, -0.25) is 0 Å². The van der Waals surface area contributed by atoms with Crippen molar-refractivity contribution in [2.45, 2.75) is 31.0 Å². The molecule has 0 unspecified atom stereocenters. The lowest BCUT2D eigenvalue weighted by molar-refractivity contribution is -0.115. The van der Waals surface area contributed by atoms with Gasteiger partial charge in [0.2, 0.25) is 5.95 Å². The van der Waals surface area contributed by atoms with E-state index in [1.165, 1.54) is 0 Å². The third-order valence-electron chi connectivity index (χ3n) is 4.03. The minimum Gasteiger partial charge on any atom is -0.377 e. The molecule has 2 aliphatic heterocycles. The van der Waals surface area contributed by atoms with E-state index >= 15 is 0 Å². The summed E-state index contributed by atoms with van der Waals surface area (Å²) in [6.07, 6.45) is 6.90. The molecular weight excluding hydrogens is 230 g/mol. The maximum Gasteiger partial charge on any atom is 0.225 e. The summed E-state index contributed by atoms with van der Waals surface area (Å²) in [5, 5.41) is 0. The number of aromatic nitrogens is 2. The number of methoxy groups -OCH3 is 1. The molecule has 2 saturated heterocycles. The molecule has 2 atom stereocenters. The van der Waals surface area contributed by atoms with Crippen molar-refractivity contribution in [1.29, 1.82) is 0 Å². The standard InChI is InChI=1S/C13H19N3O2/c1-17-11-10-16(12-14-6-3-7-15-12)8-5-13(11)4-2-9-18-13/h3,6-7,11H,2,4-5,8-10H2,1H3/t11-,13-/m0/s1. The van der Waals surface area contributed by atoms with Crippen LogP contribution < -0.4 is 4.90 Å². The number of hydrogen-bond donors (Lipinski definition) is 0. The molecule has 0 N–H and O–H groups in total. The molecule has 5 nitrogen and oxygen atoms in total. The summed E-state index contributed by atoms with van der Waals surface area (Å²) in [5.74, 6) is 0.785. The lowest BCUT2D eigenvalue weighted by atomic mass is 9.86. The first kappa shape index (κ1) is 11.9. The molecule has 0 amide bonds. The number of nitrogens with zero attached hydrogens (tertiary/aromatic N) is 3. The predicted molar refractivity (Wildman–Crippen MR) is 67.6 cm³/mol. The third-order valence-corrected chi connectivity index (χ3v) is 4.03. The fourth-order valence-corrected chi connectivity index (χ4v) is 3.04. The van der Waals surface area contributed by atoms with Crippen molar-refractivity contribution in [3.05, 3.63) is 18.5 Å². The lowest BCUT2D eigenvalue weighted by Gasteiger charge is -2.44. The molecule has 0 bridgehead atoms. The maximum atomic E-state index is 5.98. The van der Waals surface area contributed by atoms with Crippen molar-refractivity contribution in [2.75, 3.05) is 31.7 Å². The molecule has 0 aliphatic carbocycles. The van der Waals surface area contributed by atoms with E-state index in [1.54, 1.807) is 19.5 Å². The van der Waals surface area contributed by atoms with Gasteiger partial charge in [0, 0.05) is 39.2 Å². The van der Waals surface area contributed by atoms with Crippen molar-refractivity contribution in [3.8, 4) is 0 Å². The highest BCUT2D eigenvalue weighted by Gasteiger charge is 2.47. The van der Waals surface area contributed by atoms with Crippen LogP contribution in [0.5, 0.6) is 0 Å². The zero-order chi connectivity index (χ0) is 12.4. The van der Waals surface area contributed by atoms with Crippen LogP contribution in [-0.4, -0.2) is 48.5 Å². The first-order chi connectivity index (χ1) is 8.84. The minimum atomic E-state index is -0.0694. The summed E-state index contributed by atoms with van der Waals surface area (Å²) < 4.78 is 11.6. The molecule has 5 heteroatoms. The molecular formula is C13H19N3O2. The predicted octanol–water partition coefficient (Wildman–Crippen LogP) is 1.25. The Morgan fingerprint density at radius 3 is 2.89 bits per heavy atom. The first-order valence-corrected chi connectivity index (χ1v) is 6.53. The highest BCUT2D eigenvalue weighted by Crippen LogP contribution is 2.37. The smallest absolute Gasteiger partial charge is 0.225 e. The molecule has 2 fully saturated rings. The van der Waals surface area contributed by atoms with E-state index in [4.69, 9.17) is 9.47 Å². The van der Waals surface area contributed by atoms with Gasteiger partial charge in [-0.2, -0.15) is 0 Å². The van der Waals surface area contributed by atoms with Crippen LogP contribution in [0, 0.1) is 0 Å². The van der Waals surface area contributed by atoms with Gasteiger partial charge < -0.3 is 14.4 Å². The van der Waals surface area contributed by atoms with Gasteiger partial charge in [0.25, 0.3) is 0 Å². The summed E-state index contributed by atoms with van der Waals surface area (Å²) in [7, 11) is 1.77. The van der Waals surface area contributed by atoms with Crippen LogP contribution in [-0.2, 0) is 9.47 Å². The Labute approximate surface area is 107 Å². The molecule has 1 aromatic heterocycles. The third kappa shape index (κ3) is 1.97. The Morgan fingerprint density at radius 2 is 2.22 bits per heavy atom. The van der Waals surface area contributed by atoms with Crippen molar-refractivity contribution in [2.24, 2.45) is 0 Å². The first-order valence-electron chi connectivity index (χ1n) is 6.53. The Kier molecular flexibility index (Phi) is 3.18. The number of rotatable bonds is 2. The SMILES string of the molecule is CO[C@H]1CN(c2ncccn2)CC[C@@]12CCCO2. The van der Waals surface area contributed by atoms with Crippen molar-refractivity contribution >= 4 is 5.95 Å². The Balaban J connectivity index is 1.76. The van der Waals surface area contributed by atoms with Gasteiger partial charge in [-0.1, -0.05) is 0 Å². The molecule has 0 radical (unpaired) electrons. The normalized spacial score (nSPS) is 32.1. The summed E-state index contributed by atoms with van der Waals surface area (Å²) in [6, 6.07) is 1.84. The second-order valence-electron chi connectivity index (χ2n) is 4.99. The molecule has 1 spiro atoms. The van der Waals surface area contributed by atoms with E-state index in [-0.39, 0.29) is 11.7 Å². The van der Waals surface area contributed by atoms with Gasteiger partial charge in [0.1, 0.15) is 6.10 Å². The van der Waals surface area contributed by atoms with E-state index in [1.807, 2.05) is 6.07 Å². The van der Waals surface area contributed by atoms with Crippen LogP contribution >= 0.6 is 0 Å². The lowest BCUT2D eigenvalue weighted by Crippen LogP contribution is -2.56. The van der Waals surface area contributed by atoms with Crippen LogP contribution in [0.4, 0.5) is 5.95 Å². The fraction of sp³-hybridized carbons (Fsp3) is 0.692. The molecule has 18 heavy (non-hydrogen) atoms. The van der Waals surface area contributed by atoms with Crippen molar-refractivity contribution in [1.82, 2.24) is 9.97 Å². The van der Waals surface area contributed by atoms with Gasteiger partial charge in [0.05, 0.1) is 5.60 Å². The van der Waals surface area contributed by atoms with Crippen LogP contribution in [0.15, 0.2) is 18.5 Å². The zero-order valence-corrected chi connectivity index (χ0v) is 10.7. The molecule has 1 aromatic rings. The summed E-state index contributed by atoms with van der Waals surface area (Å²) in [5.41, 5.74) is -0.0694. The molecule has 0 aromatic carbocycles. The Hall–Kier alpha value is -1.20. The number of piperidine rings is 1. The van der Waals surface area contributed by atoms with Crippen LogP contribution in [0.1, 0.15) is 19.3 Å². The average molecular weight is 249 g/mol. The van der Waals surface area contributed by atoms with Crippen molar-refractivity contribution < 1.29 is 9.47 Å². The second kappa shape index (κ2) is 4.82. The summed E-state index contributed by atoms with van der Waals surface area (Å²) >= 11 is 0. The van der Waals surface area contributed by atoms with E-state index in [0.29, 0.717) is 0 Å². The quantitative estimate of drug-likeness (QED) is 0.789. The minimum absolute atomic E-state index is 0.0694. The van der Waals surface area contributed by atoms with Crippen LogP contribution in [0.3, 0.4) is 0 Å². The van der Waals surface area contributed by atoms with Crippen LogP contribution in [0.25, 0.3) is 0 Å². The van der Waals surface area contributed by atoms with Gasteiger partial charge in [0.15, 0.2) is 0 Å². The summed E-state index contributed by atoms with van der Waals surface area (Å²) in [6.45, 7) is 2.60. The zero-order valence-electron chi connectivity index (χ0n) is 10.7. The second-order valence-corrected chi connectivity index (χ2v) is 4.99. The maximum absolute atomic E-state index is 5.98. The highest BCUT2D eigenvalue weighted by atomic mass is 16.5. The van der Waals surface area contributed by atoms with E-state index in [0.717, 1.165) is 44.9 Å². The Bertz CT molecular complexity index is 392. The highest BCUT2D eigenvalue weighted by molar-refractivity contribution is 5.31. The monoisotopic (exact) mass is 249 g/mol. The summed E-state index contributed by atoms with van der Waals surface area (Å²) in [4.78, 5) is 10.8. The topological polar surface area (TPSA) is 47.5 Å². The Morgan fingerprint density at radius 1 is 1.39 bits per heavy atom. The van der Waals surface area contributed by atoms with E-state index < -0.39 is 0 Å². The largest absolute Gasteiger partial charge is 0.377 e. The molecule has 2 aliphatic rings. The van der Waals surface area contributed by atoms with E-state index in [2.05, 4.69) is 14.9 Å². The number of hydrogen-bond acceptors (Lipinski definition) is 5. The molecule has 98 valence electrons. The number of anilines is 1. The number of ether oxygens (including phenoxy) is 2. The molecule has 3 heterocycles.